The lowest BCUT2D eigenvalue weighted by Crippen LogP contribution is -2.40. The maximum atomic E-state index is 13.2. The van der Waals surface area contributed by atoms with Crippen LogP contribution >= 0.6 is 22.6 Å². The number of hydrogen-bond donors (Lipinski definition) is 0. The summed E-state index contributed by atoms with van der Waals surface area (Å²) < 4.78 is 40.1. The van der Waals surface area contributed by atoms with E-state index in [1.807, 2.05) is 0 Å². The number of rotatable bonds is 3. The Hall–Kier alpha value is -1.16. The summed E-state index contributed by atoms with van der Waals surface area (Å²) in [6, 6.07) is 2.39. The molecule has 1 amide bonds. The Balaban J connectivity index is 1.90. The number of anilines is 1. The third-order valence-electron chi connectivity index (χ3n) is 4.43. The quantitative estimate of drug-likeness (QED) is 0.522. The van der Waals surface area contributed by atoms with Crippen LogP contribution in [0.3, 0.4) is 0 Å². The topological polar surface area (TPSA) is 40.6 Å². The van der Waals surface area contributed by atoms with Crippen molar-refractivity contribution < 1.29 is 22.8 Å². The van der Waals surface area contributed by atoms with Gasteiger partial charge in [-0.3, -0.25) is 9.59 Å². The van der Waals surface area contributed by atoms with E-state index in [1.54, 1.807) is 22.6 Å². The molecule has 1 fully saturated rings. The Labute approximate surface area is 151 Å². The van der Waals surface area contributed by atoms with Crippen LogP contribution in [0.2, 0.25) is 0 Å². The van der Waals surface area contributed by atoms with Gasteiger partial charge in [-0.05, 0) is 60.7 Å². The van der Waals surface area contributed by atoms with Crippen molar-refractivity contribution in [2.24, 2.45) is 0 Å². The average molecular weight is 452 g/mol. The molecule has 1 aromatic carbocycles. The summed E-state index contributed by atoms with van der Waals surface area (Å²) >= 11 is 1.77. The van der Waals surface area contributed by atoms with Gasteiger partial charge in [-0.25, -0.2) is 0 Å². The van der Waals surface area contributed by atoms with E-state index in [0.717, 1.165) is 32.0 Å². The Morgan fingerprint density at radius 3 is 2.33 bits per heavy atom. The van der Waals surface area contributed by atoms with E-state index in [9.17, 15) is 22.8 Å². The lowest BCUT2D eigenvalue weighted by Gasteiger charge is -2.28. The summed E-state index contributed by atoms with van der Waals surface area (Å²) in [5, 5.41) is 0. The highest BCUT2D eigenvalue weighted by Crippen LogP contribution is 2.41. The van der Waals surface area contributed by atoms with Crippen LogP contribution in [0, 0.1) is 3.57 Å². The molecule has 0 unspecified atom stereocenters. The van der Waals surface area contributed by atoms with Crippen molar-refractivity contribution in [2.45, 2.75) is 25.4 Å². The van der Waals surface area contributed by atoms with Gasteiger partial charge >= 0.3 is 6.18 Å². The number of benzene rings is 1. The van der Waals surface area contributed by atoms with Crippen LogP contribution in [0.25, 0.3) is 0 Å². The molecule has 8 heteroatoms. The Morgan fingerprint density at radius 2 is 1.71 bits per heavy atom. The van der Waals surface area contributed by atoms with Gasteiger partial charge in [0.05, 0.1) is 16.8 Å². The van der Waals surface area contributed by atoms with Crippen molar-refractivity contribution in [1.82, 2.24) is 4.90 Å². The zero-order chi connectivity index (χ0) is 17.5. The summed E-state index contributed by atoms with van der Waals surface area (Å²) in [6.07, 6.45) is -1.32. The van der Waals surface area contributed by atoms with E-state index in [0.29, 0.717) is 10.1 Å². The highest BCUT2D eigenvalue weighted by atomic mass is 127. The van der Waals surface area contributed by atoms with Crippen molar-refractivity contribution in [2.75, 3.05) is 31.1 Å². The minimum absolute atomic E-state index is 0.0845. The molecular weight excluding hydrogens is 436 g/mol. The second-order valence-electron chi connectivity index (χ2n) is 6.03. The lowest BCUT2D eigenvalue weighted by atomic mass is 10.0. The number of carbonyl (C=O) groups excluding carboxylic acids is 2. The van der Waals surface area contributed by atoms with Gasteiger partial charge in [0.1, 0.15) is 0 Å². The number of hydrogen-bond acceptors (Lipinski definition) is 3. The third kappa shape index (κ3) is 3.30. The van der Waals surface area contributed by atoms with Crippen LogP contribution in [0.5, 0.6) is 0 Å². The molecule has 0 N–H and O–H groups in total. The molecule has 0 spiro atoms. The molecule has 1 saturated heterocycles. The Kier molecular flexibility index (Phi) is 4.87. The molecule has 130 valence electrons. The highest BCUT2D eigenvalue weighted by molar-refractivity contribution is 14.1. The second kappa shape index (κ2) is 6.62. The molecule has 0 radical (unpaired) electrons. The monoisotopic (exact) mass is 452 g/mol. The Bertz CT molecular complexity index is 685. The predicted molar refractivity (Wildman–Crippen MR) is 91.1 cm³/mol. The van der Waals surface area contributed by atoms with Gasteiger partial charge in [0.25, 0.3) is 11.7 Å². The zero-order valence-corrected chi connectivity index (χ0v) is 15.0. The maximum Gasteiger partial charge on any atom is 0.417 e. The number of nitrogens with zero attached hydrogens (tertiary/aromatic N) is 2. The van der Waals surface area contributed by atoms with Gasteiger partial charge in [0.2, 0.25) is 0 Å². The average Bonchev–Trinajstić information content (AvgIpc) is 2.76. The highest BCUT2D eigenvalue weighted by Gasteiger charge is 2.44. The SMILES string of the molecule is O=C1C(=O)N(CCN2CCCCC2)c2cc(I)cc(C(F)(F)F)c21. The summed E-state index contributed by atoms with van der Waals surface area (Å²) in [5.41, 5.74) is -1.45. The van der Waals surface area contributed by atoms with Crippen molar-refractivity contribution >= 4 is 40.0 Å². The van der Waals surface area contributed by atoms with Gasteiger partial charge in [-0.1, -0.05) is 6.42 Å². The van der Waals surface area contributed by atoms with E-state index >= 15 is 0 Å². The molecule has 1 aromatic rings. The number of ketones is 1. The van der Waals surface area contributed by atoms with Crippen LogP contribution in [-0.4, -0.2) is 42.8 Å². The van der Waals surface area contributed by atoms with Crippen LogP contribution in [0.15, 0.2) is 12.1 Å². The fourth-order valence-corrected chi connectivity index (χ4v) is 3.86. The molecule has 3 rings (SSSR count). The van der Waals surface area contributed by atoms with Crippen molar-refractivity contribution in [3.63, 3.8) is 0 Å². The van der Waals surface area contributed by atoms with Crippen molar-refractivity contribution in [1.29, 1.82) is 0 Å². The summed E-state index contributed by atoms with van der Waals surface area (Å²) in [6.45, 7) is 2.63. The molecule has 4 nitrogen and oxygen atoms in total. The second-order valence-corrected chi connectivity index (χ2v) is 7.28. The van der Waals surface area contributed by atoms with E-state index in [1.165, 1.54) is 17.4 Å². The molecular formula is C16H16F3IN2O2. The maximum absolute atomic E-state index is 13.2. The number of amides is 1. The van der Waals surface area contributed by atoms with Crippen LogP contribution in [0.1, 0.15) is 35.2 Å². The number of alkyl halides is 3. The first-order chi connectivity index (χ1) is 11.3. The number of fused-ring (bicyclic) bond motifs is 1. The number of carbonyl (C=O) groups is 2. The van der Waals surface area contributed by atoms with Crippen LogP contribution < -0.4 is 4.90 Å². The first kappa shape index (κ1) is 17.7. The molecule has 0 aromatic heterocycles. The van der Waals surface area contributed by atoms with Gasteiger partial charge in [0.15, 0.2) is 0 Å². The molecule has 24 heavy (non-hydrogen) atoms. The molecule has 0 bridgehead atoms. The third-order valence-corrected chi connectivity index (χ3v) is 5.06. The molecule has 2 aliphatic rings. The number of likely N-dealkylation sites (tertiary alicyclic amines) is 1. The number of piperidine rings is 1. The van der Waals surface area contributed by atoms with E-state index in [2.05, 4.69) is 4.90 Å². The van der Waals surface area contributed by atoms with Crippen LogP contribution in [0.4, 0.5) is 18.9 Å². The lowest BCUT2D eigenvalue weighted by molar-refractivity contribution is -0.137. The summed E-state index contributed by atoms with van der Waals surface area (Å²) in [5.74, 6) is -1.93. The van der Waals surface area contributed by atoms with Crippen molar-refractivity contribution in [3.05, 3.63) is 26.8 Å². The first-order valence-corrected chi connectivity index (χ1v) is 8.86. The smallest absolute Gasteiger partial charge is 0.303 e. The van der Waals surface area contributed by atoms with E-state index in [-0.39, 0.29) is 12.2 Å². The number of Topliss-reactive ketones (excluding diaryl/α,β-unsaturated/α-hetero) is 1. The van der Waals surface area contributed by atoms with E-state index < -0.39 is 29.0 Å². The largest absolute Gasteiger partial charge is 0.417 e. The fraction of sp³-hybridized carbons (Fsp3) is 0.500. The minimum Gasteiger partial charge on any atom is -0.303 e. The molecule has 0 saturated carbocycles. The molecule has 0 aliphatic carbocycles. The van der Waals surface area contributed by atoms with E-state index in [4.69, 9.17) is 0 Å². The molecule has 0 atom stereocenters. The molecule has 2 aliphatic heterocycles. The fourth-order valence-electron chi connectivity index (χ4n) is 3.25. The van der Waals surface area contributed by atoms with Gasteiger partial charge in [0, 0.05) is 16.7 Å². The van der Waals surface area contributed by atoms with Gasteiger partial charge < -0.3 is 9.80 Å². The predicted octanol–water partition coefficient (Wildman–Crippen LogP) is 3.33. The Morgan fingerprint density at radius 1 is 1.04 bits per heavy atom. The summed E-state index contributed by atoms with van der Waals surface area (Å²) in [7, 11) is 0. The van der Waals surface area contributed by atoms with Gasteiger partial charge in [-0.15, -0.1) is 0 Å². The standard InChI is InChI=1S/C16H16F3IN2O2/c17-16(18,19)11-8-10(20)9-12-13(11)14(23)15(24)22(12)7-6-21-4-2-1-3-5-21/h8-9H,1-7H2. The number of halogens is 4. The molecule has 2 heterocycles. The summed E-state index contributed by atoms with van der Waals surface area (Å²) in [4.78, 5) is 27.7. The first-order valence-electron chi connectivity index (χ1n) is 7.78. The normalized spacial score (nSPS) is 19.1. The van der Waals surface area contributed by atoms with Crippen LogP contribution in [-0.2, 0) is 11.0 Å². The zero-order valence-electron chi connectivity index (χ0n) is 12.8. The van der Waals surface area contributed by atoms with Gasteiger partial charge in [-0.2, -0.15) is 13.2 Å². The minimum atomic E-state index is -4.66. The van der Waals surface area contributed by atoms with Crippen molar-refractivity contribution in [3.8, 4) is 0 Å².